The maximum Gasteiger partial charge on any atom is 0.336 e. The first kappa shape index (κ1) is 9.72. The Labute approximate surface area is 97.0 Å². The molecule has 84 valence electrons. The fraction of sp³-hybridized carbons (Fsp3) is 0. The molecular weight excluding hydrogens is 220 g/mol. The summed E-state index contributed by atoms with van der Waals surface area (Å²) in [6, 6.07) is 5.13. The lowest BCUT2D eigenvalue weighted by molar-refractivity contribution is -0.191. The second kappa shape index (κ2) is 3.52. The summed E-state index contributed by atoms with van der Waals surface area (Å²) in [7, 11) is 0. The van der Waals surface area contributed by atoms with Gasteiger partial charge in [-0.25, -0.2) is 4.79 Å². The standard InChI is InChI=1S/C13H8O4/c14-13(15)10-5-1-3-9-8(10)4-2-6-12-11(9)7-16-17-12/h1-7H,(H,14,15). The minimum absolute atomic E-state index is 0.265. The van der Waals surface area contributed by atoms with E-state index in [2.05, 4.69) is 0 Å². The minimum atomic E-state index is -0.949. The Hall–Kier alpha value is -2.49. The molecule has 3 rings (SSSR count). The highest BCUT2D eigenvalue weighted by Crippen LogP contribution is 2.35. The van der Waals surface area contributed by atoms with E-state index in [1.54, 1.807) is 30.4 Å². The van der Waals surface area contributed by atoms with Gasteiger partial charge in [0.1, 0.15) is 0 Å². The van der Waals surface area contributed by atoms with E-state index in [0.717, 1.165) is 11.1 Å². The van der Waals surface area contributed by atoms with Crippen molar-refractivity contribution < 1.29 is 19.7 Å². The molecule has 1 aliphatic carbocycles. The van der Waals surface area contributed by atoms with Gasteiger partial charge in [0.15, 0.2) is 12.0 Å². The number of hydrogen-bond donors (Lipinski definition) is 1. The Morgan fingerprint density at radius 2 is 2.18 bits per heavy atom. The number of hydrogen-bond acceptors (Lipinski definition) is 3. The van der Waals surface area contributed by atoms with Crippen molar-refractivity contribution in [2.24, 2.45) is 0 Å². The molecular formula is C13H8O4. The summed E-state index contributed by atoms with van der Waals surface area (Å²) in [5.74, 6) is -0.363. The van der Waals surface area contributed by atoms with Crippen LogP contribution in [0.1, 0.15) is 21.5 Å². The Balaban J connectivity index is 2.27. The summed E-state index contributed by atoms with van der Waals surface area (Å²) in [5.41, 5.74) is 2.48. The van der Waals surface area contributed by atoms with Crippen molar-refractivity contribution in [2.45, 2.75) is 0 Å². The molecule has 1 aromatic carbocycles. The molecule has 0 unspecified atom stereocenters. The molecule has 2 aliphatic rings. The predicted molar refractivity (Wildman–Crippen MR) is 60.7 cm³/mol. The third kappa shape index (κ3) is 1.42. The molecule has 0 saturated heterocycles. The molecule has 0 aromatic heterocycles. The van der Waals surface area contributed by atoms with E-state index in [1.165, 1.54) is 6.26 Å². The highest BCUT2D eigenvalue weighted by atomic mass is 17.2. The average molecular weight is 228 g/mol. The number of carbonyl (C=O) groups is 1. The molecule has 1 N–H and O–H groups in total. The lowest BCUT2D eigenvalue weighted by Gasteiger charge is -2.07. The lowest BCUT2D eigenvalue weighted by Crippen LogP contribution is -2.02. The van der Waals surface area contributed by atoms with Gasteiger partial charge in [0, 0.05) is 0 Å². The first-order valence-electron chi connectivity index (χ1n) is 5.06. The van der Waals surface area contributed by atoms with E-state index in [4.69, 9.17) is 14.9 Å². The number of benzene rings is 1. The van der Waals surface area contributed by atoms with Crippen LogP contribution in [0.3, 0.4) is 0 Å². The van der Waals surface area contributed by atoms with Gasteiger partial charge in [-0.15, -0.1) is 0 Å². The third-order valence-electron chi connectivity index (χ3n) is 2.71. The van der Waals surface area contributed by atoms with E-state index < -0.39 is 5.97 Å². The Morgan fingerprint density at radius 1 is 1.29 bits per heavy atom. The van der Waals surface area contributed by atoms with Gasteiger partial charge in [-0.05, 0) is 23.3 Å². The first-order valence-corrected chi connectivity index (χ1v) is 5.06. The minimum Gasteiger partial charge on any atom is -0.478 e. The van der Waals surface area contributed by atoms with Crippen molar-refractivity contribution in [1.82, 2.24) is 0 Å². The van der Waals surface area contributed by atoms with Crippen LogP contribution in [0.15, 0.2) is 42.4 Å². The molecule has 0 radical (unpaired) electrons. The van der Waals surface area contributed by atoms with Gasteiger partial charge in [0.2, 0.25) is 0 Å². The molecule has 4 heteroatoms. The maximum absolute atomic E-state index is 11.1. The topological polar surface area (TPSA) is 55.8 Å². The molecule has 1 aliphatic heterocycles. The van der Waals surface area contributed by atoms with E-state index in [-0.39, 0.29) is 5.56 Å². The monoisotopic (exact) mass is 228 g/mol. The van der Waals surface area contributed by atoms with Crippen molar-refractivity contribution in [1.29, 1.82) is 0 Å². The van der Waals surface area contributed by atoms with Crippen LogP contribution < -0.4 is 0 Å². The molecule has 0 spiro atoms. The summed E-state index contributed by atoms with van der Waals surface area (Å²) in [6.45, 7) is 0. The van der Waals surface area contributed by atoms with Gasteiger partial charge in [-0.2, -0.15) is 0 Å². The highest BCUT2D eigenvalue weighted by Gasteiger charge is 2.23. The van der Waals surface area contributed by atoms with Gasteiger partial charge in [-0.1, -0.05) is 24.3 Å². The zero-order chi connectivity index (χ0) is 11.8. The molecule has 0 amide bonds. The summed E-state index contributed by atoms with van der Waals surface area (Å²) in [6.07, 6.45) is 6.72. The third-order valence-corrected chi connectivity index (χ3v) is 2.71. The zero-order valence-corrected chi connectivity index (χ0v) is 8.71. The van der Waals surface area contributed by atoms with Crippen molar-refractivity contribution in [3.05, 3.63) is 59.1 Å². The Kier molecular flexibility index (Phi) is 2.01. The quantitative estimate of drug-likeness (QED) is 0.750. The number of carboxylic acid groups (broad SMARTS) is 1. The van der Waals surface area contributed by atoms with Crippen molar-refractivity contribution in [2.75, 3.05) is 0 Å². The van der Waals surface area contributed by atoms with E-state index in [9.17, 15) is 4.79 Å². The molecule has 0 fully saturated rings. The first-order chi connectivity index (χ1) is 8.27. The Bertz CT molecular complexity index is 593. The predicted octanol–water partition coefficient (Wildman–Crippen LogP) is 2.60. The lowest BCUT2D eigenvalue weighted by atomic mass is 9.96. The van der Waals surface area contributed by atoms with Gasteiger partial charge >= 0.3 is 5.97 Å². The number of allylic oxidation sites excluding steroid dienone is 3. The van der Waals surface area contributed by atoms with Gasteiger partial charge in [-0.3, -0.25) is 9.78 Å². The summed E-state index contributed by atoms with van der Waals surface area (Å²) >= 11 is 0. The summed E-state index contributed by atoms with van der Waals surface area (Å²) < 4.78 is 0. The van der Waals surface area contributed by atoms with Crippen LogP contribution in [0.5, 0.6) is 0 Å². The van der Waals surface area contributed by atoms with E-state index in [1.807, 2.05) is 6.07 Å². The number of fused-ring (bicyclic) bond motifs is 3. The SMILES string of the molecule is O=C(O)c1cccc2c1C=CC=C1OOC=C12. The van der Waals surface area contributed by atoms with Crippen molar-refractivity contribution >= 4 is 17.6 Å². The molecule has 0 atom stereocenters. The van der Waals surface area contributed by atoms with E-state index in [0.29, 0.717) is 11.3 Å². The van der Waals surface area contributed by atoms with Crippen LogP contribution in [0.4, 0.5) is 0 Å². The number of rotatable bonds is 1. The highest BCUT2D eigenvalue weighted by molar-refractivity contribution is 5.97. The van der Waals surface area contributed by atoms with Crippen LogP contribution in [0.25, 0.3) is 11.6 Å². The molecule has 17 heavy (non-hydrogen) atoms. The van der Waals surface area contributed by atoms with Crippen LogP contribution in [-0.2, 0) is 9.78 Å². The fourth-order valence-corrected chi connectivity index (χ4v) is 1.94. The second-order valence-corrected chi connectivity index (χ2v) is 3.67. The largest absolute Gasteiger partial charge is 0.478 e. The summed E-state index contributed by atoms with van der Waals surface area (Å²) in [4.78, 5) is 20.9. The van der Waals surface area contributed by atoms with E-state index >= 15 is 0 Å². The van der Waals surface area contributed by atoms with Crippen molar-refractivity contribution in [3.63, 3.8) is 0 Å². The zero-order valence-electron chi connectivity index (χ0n) is 8.71. The summed E-state index contributed by atoms with van der Waals surface area (Å²) in [5, 5.41) is 9.14. The number of carboxylic acids is 1. The maximum atomic E-state index is 11.1. The van der Waals surface area contributed by atoms with Crippen LogP contribution >= 0.6 is 0 Å². The molecule has 0 saturated carbocycles. The van der Waals surface area contributed by atoms with Gasteiger partial charge < -0.3 is 5.11 Å². The second-order valence-electron chi connectivity index (χ2n) is 3.67. The average Bonchev–Trinajstić information content (AvgIpc) is 2.70. The fourth-order valence-electron chi connectivity index (χ4n) is 1.94. The normalized spacial score (nSPS) is 15.8. The molecule has 0 bridgehead atoms. The smallest absolute Gasteiger partial charge is 0.336 e. The van der Waals surface area contributed by atoms with Crippen LogP contribution in [0, 0.1) is 0 Å². The van der Waals surface area contributed by atoms with Crippen LogP contribution in [0.2, 0.25) is 0 Å². The van der Waals surface area contributed by atoms with Crippen LogP contribution in [-0.4, -0.2) is 11.1 Å². The molecule has 1 aromatic rings. The molecule has 1 heterocycles. The van der Waals surface area contributed by atoms with Gasteiger partial charge in [0.25, 0.3) is 0 Å². The number of aromatic carboxylic acids is 1. The van der Waals surface area contributed by atoms with Gasteiger partial charge in [0.05, 0.1) is 11.1 Å². The Morgan fingerprint density at radius 3 is 3.00 bits per heavy atom. The van der Waals surface area contributed by atoms with Crippen molar-refractivity contribution in [3.8, 4) is 0 Å². The molecule has 4 nitrogen and oxygen atoms in total.